The number of methoxy groups -OCH3 is 2. The lowest BCUT2D eigenvalue weighted by Crippen LogP contribution is -2.21. The summed E-state index contributed by atoms with van der Waals surface area (Å²) >= 11 is 0. The second-order valence-corrected chi connectivity index (χ2v) is 10.00. The third-order valence-electron chi connectivity index (χ3n) is 5.96. The number of sulfonamides is 1. The van der Waals surface area contributed by atoms with Gasteiger partial charge in [0, 0.05) is 23.9 Å². The van der Waals surface area contributed by atoms with Crippen molar-refractivity contribution in [1.82, 2.24) is 20.3 Å². The Hall–Kier alpha value is -4.26. The largest absolute Gasteiger partial charge is 0.495 e. The maximum Gasteiger partial charge on any atom is 0.407 e. The summed E-state index contributed by atoms with van der Waals surface area (Å²) in [5.74, 6) is 0.794. The second kappa shape index (κ2) is 10.0. The first-order chi connectivity index (χ1) is 17.9. The first-order valence-corrected chi connectivity index (χ1v) is 12.9. The van der Waals surface area contributed by atoms with Crippen molar-refractivity contribution in [2.24, 2.45) is 0 Å². The van der Waals surface area contributed by atoms with Crippen LogP contribution in [0.25, 0.3) is 11.0 Å². The smallest absolute Gasteiger partial charge is 0.407 e. The van der Waals surface area contributed by atoms with Crippen molar-refractivity contribution in [3.63, 3.8) is 0 Å². The Bertz CT molecular complexity index is 1560. The van der Waals surface area contributed by atoms with Gasteiger partial charge in [0.25, 0.3) is 10.0 Å². The van der Waals surface area contributed by atoms with E-state index in [0.717, 1.165) is 29.5 Å². The van der Waals surface area contributed by atoms with Gasteiger partial charge in [-0.25, -0.2) is 13.2 Å². The van der Waals surface area contributed by atoms with E-state index in [-0.39, 0.29) is 23.0 Å². The van der Waals surface area contributed by atoms with Crippen LogP contribution in [0.15, 0.2) is 52.1 Å². The van der Waals surface area contributed by atoms with Gasteiger partial charge in [-0.05, 0) is 36.6 Å². The van der Waals surface area contributed by atoms with Gasteiger partial charge in [-0.3, -0.25) is 9.40 Å². The highest BCUT2D eigenvalue weighted by Crippen LogP contribution is 2.41. The number of para-hydroxylation sites is 1. The maximum atomic E-state index is 13.2. The normalized spacial score (nSPS) is 13.0. The van der Waals surface area contributed by atoms with Crippen LogP contribution in [0.2, 0.25) is 0 Å². The second-order valence-electron chi connectivity index (χ2n) is 8.35. The minimum absolute atomic E-state index is 0.0174. The molecule has 1 amide bonds. The van der Waals surface area contributed by atoms with E-state index in [1.807, 2.05) is 12.3 Å². The monoisotopic (exact) mass is 527 g/mol. The fourth-order valence-corrected chi connectivity index (χ4v) is 5.44. The average molecular weight is 528 g/mol. The molecule has 37 heavy (non-hydrogen) atoms. The number of nitrogens with one attached hydrogen (secondary N) is 2. The molecule has 0 bridgehead atoms. The summed E-state index contributed by atoms with van der Waals surface area (Å²) in [5.41, 5.74) is 3.04. The number of hydrogen-bond donors (Lipinski definition) is 2. The van der Waals surface area contributed by atoms with Gasteiger partial charge < -0.3 is 24.1 Å². The molecule has 4 aromatic rings. The first-order valence-electron chi connectivity index (χ1n) is 11.5. The van der Waals surface area contributed by atoms with Gasteiger partial charge >= 0.3 is 6.09 Å². The van der Waals surface area contributed by atoms with Crippen LogP contribution in [0.3, 0.4) is 0 Å². The molecule has 13 heteroatoms. The van der Waals surface area contributed by atoms with Crippen LogP contribution in [0.1, 0.15) is 23.1 Å². The summed E-state index contributed by atoms with van der Waals surface area (Å²) < 4.78 is 51.9. The van der Waals surface area contributed by atoms with E-state index in [4.69, 9.17) is 14.0 Å². The molecule has 0 saturated heterocycles. The Kier molecular flexibility index (Phi) is 6.61. The SMILES string of the molecule is COC(=O)NCc1cnn(Cc2cc3onc(NS(=O)(=O)c4ccccc4OC)c3c3c2CCCO3)c1. The fraction of sp³-hybridized carbons (Fsp3) is 0.292. The summed E-state index contributed by atoms with van der Waals surface area (Å²) in [6.45, 7) is 1.19. The molecule has 2 aromatic carbocycles. The Morgan fingerprint density at radius 1 is 1.24 bits per heavy atom. The molecule has 0 atom stereocenters. The molecule has 5 rings (SSSR count). The lowest BCUT2D eigenvalue weighted by molar-refractivity contribution is 0.170. The highest BCUT2D eigenvalue weighted by molar-refractivity contribution is 7.92. The van der Waals surface area contributed by atoms with Crippen LogP contribution in [0.5, 0.6) is 11.5 Å². The van der Waals surface area contributed by atoms with Gasteiger partial charge in [-0.2, -0.15) is 5.10 Å². The Morgan fingerprint density at radius 2 is 2.08 bits per heavy atom. The van der Waals surface area contributed by atoms with Crippen molar-refractivity contribution in [3.05, 3.63) is 59.4 Å². The Labute approximate surface area is 212 Å². The number of fused-ring (bicyclic) bond motifs is 3. The highest BCUT2D eigenvalue weighted by Gasteiger charge is 2.27. The number of hydrogen-bond acceptors (Lipinski definition) is 9. The number of nitrogens with zero attached hydrogens (tertiary/aromatic N) is 3. The Morgan fingerprint density at radius 3 is 2.89 bits per heavy atom. The molecule has 0 radical (unpaired) electrons. The minimum atomic E-state index is -4.02. The van der Waals surface area contributed by atoms with Crippen LogP contribution in [-0.4, -0.2) is 50.3 Å². The zero-order chi connectivity index (χ0) is 26.0. The molecule has 0 aliphatic carbocycles. The van der Waals surface area contributed by atoms with E-state index in [0.29, 0.717) is 29.9 Å². The van der Waals surface area contributed by atoms with Crippen molar-refractivity contribution in [2.45, 2.75) is 30.8 Å². The maximum absolute atomic E-state index is 13.2. The van der Waals surface area contributed by atoms with Crippen LogP contribution in [0, 0.1) is 0 Å². The molecule has 12 nitrogen and oxygen atoms in total. The van der Waals surface area contributed by atoms with Crippen molar-refractivity contribution >= 4 is 32.9 Å². The van der Waals surface area contributed by atoms with Gasteiger partial charge in [0.2, 0.25) is 0 Å². The Balaban J connectivity index is 1.47. The summed E-state index contributed by atoms with van der Waals surface area (Å²) in [5, 5.41) is 11.5. The van der Waals surface area contributed by atoms with Crippen molar-refractivity contribution in [3.8, 4) is 11.5 Å². The lowest BCUT2D eigenvalue weighted by atomic mass is 9.97. The molecule has 0 unspecified atom stereocenters. The average Bonchev–Trinajstić information content (AvgIpc) is 3.53. The molecule has 0 saturated carbocycles. The van der Waals surface area contributed by atoms with Gasteiger partial charge in [-0.15, -0.1) is 0 Å². The summed E-state index contributed by atoms with van der Waals surface area (Å²) in [6.07, 6.45) is 4.52. The van der Waals surface area contributed by atoms with E-state index in [9.17, 15) is 13.2 Å². The van der Waals surface area contributed by atoms with Crippen molar-refractivity contribution < 1.29 is 31.9 Å². The number of carbonyl (C=O) groups excluding carboxylic acids is 1. The number of ether oxygens (including phenoxy) is 3. The lowest BCUT2D eigenvalue weighted by Gasteiger charge is -2.21. The van der Waals surface area contributed by atoms with E-state index in [1.165, 1.54) is 20.3 Å². The zero-order valence-electron chi connectivity index (χ0n) is 20.2. The number of alkyl carbamates (subject to hydrolysis) is 1. The number of amides is 1. The van der Waals surface area contributed by atoms with Crippen molar-refractivity contribution in [1.29, 1.82) is 0 Å². The van der Waals surface area contributed by atoms with Crippen LogP contribution in [0.4, 0.5) is 10.6 Å². The predicted molar refractivity (Wildman–Crippen MR) is 132 cm³/mol. The molecule has 1 aliphatic rings. The molecule has 194 valence electrons. The van der Waals surface area contributed by atoms with E-state index >= 15 is 0 Å². The number of benzene rings is 2. The minimum Gasteiger partial charge on any atom is -0.495 e. The summed E-state index contributed by atoms with van der Waals surface area (Å²) in [6, 6.07) is 8.14. The first kappa shape index (κ1) is 24.4. The standard InChI is InChI=1S/C24H25N5O7S/c1-33-18-7-3-4-8-20(18)37(31,32)28-23-21-19(36-27-23)10-16(17-6-5-9-35-22(17)21)14-29-13-15(12-26-29)11-25-24(30)34-2/h3-4,7-8,10,12-13H,5-6,9,11,14H2,1-2H3,(H,25,30)(H,27,28). The van der Waals surface area contributed by atoms with Crippen molar-refractivity contribution in [2.75, 3.05) is 25.5 Å². The molecule has 1 aliphatic heterocycles. The summed E-state index contributed by atoms with van der Waals surface area (Å²) in [7, 11) is -1.31. The van der Waals surface area contributed by atoms with Gasteiger partial charge in [0.1, 0.15) is 21.8 Å². The van der Waals surface area contributed by atoms with Crippen LogP contribution in [-0.2, 0) is 34.3 Å². The van der Waals surface area contributed by atoms with Gasteiger partial charge in [-0.1, -0.05) is 17.3 Å². The predicted octanol–water partition coefficient (Wildman–Crippen LogP) is 3.06. The zero-order valence-corrected chi connectivity index (χ0v) is 21.0. The fourth-order valence-electron chi connectivity index (χ4n) is 4.26. The molecule has 3 heterocycles. The van der Waals surface area contributed by atoms with E-state index in [2.05, 4.69) is 25.0 Å². The molecule has 0 spiro atoms. The number of anilines is 1. The highest BCUT2D eigenvalue weighted by atomic mass is 32.2. The number of aromatic nitrogens is 3. The molecular weight excluding hydrogens is 502 g/mol. The molecule has 2 aromatic heterocycles. The quantitative estimate of drug-likeness (QED) is 0.353. The van der Waals surface area contributed by atoms with E-state index < -0.39 is 16.1 Å². The third-order valence-corrected chi connectivity index (χ3v) is 7.34. The van der Waals surface area contributed by atoms with Crippen LogP contribution < -0.4 is 19.5 Å². The van der Waals surface area contributed by atoms with E-state index in [1.54, 1.807) is 29.1 Å². The van der Waals surface area contributed by atoms with Gasteiger partial charge in [0.05, 0.1) is 33.6 Å². The van der Waals surface area contributed by atoms with Gasteiger partial charge in [0.15, 0.2) is 11.4 Å². The number of rotatable bonds is 8. The van der Waals surface area contributed by atoms with Crippen LogP contribution >= 0.6 is 0 Å². The number of carbonyl (C=O) groups is 1. The molecule has 0 fully saturated rings. The summed E-state index contributed by atoms with van der Waals surface area (Å²) in [4.78, 5) is 11.3. The molecular formula is C24H25N5O7S. The molecule has 2 N–H and O–H groups in total. The third kappa shape index (κ3) is 4.89. The topological polar surface area (TPSA) is 147 Å².